The standard InChI is InChI=1S/C14H16FNO2/c1-9-6-7-18-14(9)13(17)12(8-16)10-2-4-11(15)5-3-10/h2-7,12-13,17H,8,16H2,1H3. The molecule has 0 bridgehead atoms. The van der Waals surface area contributed by atoms with Crippen molar-refractivity contribution < 1.29 is 13.9 Å². The molecule has 0 spiro atoms. The van der Waals surface area contributed by atoms with E-state index in [9.17, 15) is 9.50 Å². The number of furan rings is 1. The summed E-state index contributed by atoms with van der Waals surface area (Å²) >= 11 is 0. The van der Waals surface area contributed by atoms with Crippen LogP contribution >= 0.6 is 0 Å². The largest absolute Gasteiger partial charge is 0.466 e. The molecule has 0 fully saturated rings. The highest BCUT2D eigenvalue weighted by Crippen LogP contribution is 2.32. The molecule has 2 atom stereocenters. The van der Waals surface area contributed by atoms with Crippen molar-refractivity contribution in [2.24, 2.45) is 5.73 Å². The number of hydrogen-bond acceptors (Lipinski definition) is 3. The number of nitrogens with two attached hydrogens (primary N) is 1. The van der Waals surface area contributed by atoms with E-state index in [-0.39, 0.29) is 18.3 Å². The van der Waals surface area contributed by atoms with Crippen LogP contribution in [0.5, 0.6) is 0 Å². The quantitative estimate of drug-likeness (QED) is 0.875. The van der Waals surface area contributed by atoms with E-state index in [1.807, 2.05) is 6.92 Å². The minimum atomic E-state index is -0.824. The molecule has 1 heterocycles. The molecule has 3 nitrogen and oxygen atoms in total. The predicted octanol–water partition coefficient (Wildman–Crippen LogP) is 2.50. The minimum absolute atomic E-state index is 0.257. The zero-order chi connectivity index (χ0) is 13.1. The Morgan fingerprint density at radius 2 is 1.94 bits per heavy atom. The molecule has 96 valence electrons. The van der Waals surface area contributed by atoms with Crippen LogP contribution in [-0.2, 0) is 0 Å². The van der Waals surface area contributed by atoms with Gasteiger partial charge < -0.3 is 15.3 Å². The number of aliphatic hydroxyl groups excluding tert-OH is 1. The van der Waals surface area contributed by atoms with Crippen molar-refractivity contribution in [2.75, 3.05) is 6.54 Å². The summed E-state index contributed by atoms with van der Waals surface area (Å²) in [7, 11) is 0. The highest BCUT2D eigenvalue weighted by Gasteiger charge is 2.25. The molecule has 4 heteroatoms. The maximum absolute atomic E-state index is 12.9. The van der Waals surface area contributed by atoms with Gasteiger partial charge in [0.05, 0.1) is 6.26 Å². The Kier molecular flexibility index (Phi) is 3.79. The van der Waals surface area contributed by atoms with Crippen molar-refractivity contribution in [3.8, 4) is 0 Å². The third-order valence-corrected chi connectivity index (χ3v) is 3.10. The summed E-state index contributed by atoms with van der Waals surface area (Å²) < 4.78 is 18.2. The third kappa shape index (κ3) is 2.44. The summed E-state index contributed by atoms with van der Waals surface area (Å²) in [5, 5.41) is 10.3. The van der Waals surface area contributed by atoms with Gasteiger partial charge in [0.2, 0.25) is 0 Å². The van der Waals surface area contributed by atoms with E-state index in [2.05, 4.69) is 0 Å². The zero-order valence-corrected chi connectivity index (χ0v) is 10.1. The zero-order valence-electron chi connectivity index (χ0n) is 10.1. The van der Waals surface area contributed by atoms with Crippen LogP contribution in [0, 0.1) is 12.7 Å². The first-order valence-corrected chi connectivity index (χ1v) is 5.81. The van der Waals surface area contributed by atoms with Gasteiger partial charge in [-0.2, -0.15) is 0 Å². The van der Waals surface area contributed by atoms with Crippen molar-refractivity contribution in [2.45, 2.75) is 18.9 Å². The maximum Gasteiger partial charge on any atom is 0.135 e. The van der Waals surface area contributed by atoms with Crippen LogP contribution in [-0.4, -0.2) is 11.7 Å². The summed E-state index contributed by atoms with van der Waals surface area (Å²) in [6, 6.07) is 7.78. The average Bonchev–Trinajstić information content (AvgIpc) is 2.78. The average molecular weight is 249 g/mol. The van der Waals surface area contributed by atoms with E-state index in [1.165, 1.54) is 18.4 Å². The molecular weight excluding hydrogens is 233 g/mol. The first-order chi connectivity index (χ1) is 8.63. The van der Waals surface area contributed by atoms with Gasteiger partial charge in [-0.05, 0) is 36.2 Å². The Balaban J connectivity index is 2.28. The monoisotopic (exact) mass is 249 g/mol. The first kappa shape index (κ1) is 12.8. The first-order valence-electron chi connectivity index (χ1n) is 5.81. The second kappa shape index (κ2) is 5.33. The molecular formula is C14H16FNO2. The van der Waals surface area contributed by atoms with E-state index < -0.39 is 6.10 Å². The molecule has 3 N–H and O–H groups in total. The Morgan fingerprint density at radius 3 is 2.44 bits per heavy atom. The normalized spacial score (nSPS) is 14.4. The van der Waals surface area contributed by atoms with Gasteiger partial charge in [0.1, 0.15) is 17.7 Å². The molecule has 0 saturated carbocycles. The Bertz CT molecular complexity index is 507. The van der Waals surface area contributed by atoms with E-state index in [1.54, 1.807) is 18.2 Å². The molecule has 1 aromatic carbocycles. The highest BCUT2D eigenvalue weighted by molar-refractivity contribution is 5.26. The molecule has 0 aliphatic rings. The van der Waals surface area contributed by atoms with Crippen LogP contribution in [0.1, 0.15) is 28.9 Å². The molecule has 0 saturated heterocycles. The summed E-state index contributed by atoms with van der Waals surface area (Å²) in [5.41, 5.74) is 7.38. The van der Waals surface area contributed by atoms with E-state index in [4.69, 9.17) is 10.2 Å². The lowest BCUT2D eigenvalue weighted by Gasteiger charge is -2.21. The van der Waals surface area contributed by atoms with Crippen molar-refractivity contribution in [1.82, 2.24) is 0 Å². The van der Waals surface area contributed by atoms with Crippen molar-refractivity contribution >= 4 is 0 Å². The number of halogens is 1. The molecule has 0 radical (unpaired) electrons. The second-order valence-electron chi connectivity index (χ2n) is 4.31. The summed E-state index contributed by atoms with van der Waals surface area (Å²) in [5.74, 6) is -0.108. The molecule has 2 aromatic rings. The maximum atomic E-state index is 12.9. The van der Waals surface area contributed by atoms with Crippen LogP contribution < -0.4 is 5.73 Å². The van der Waals surface area contributed by atoms with Crippen LogP contribution in [0.4, 0.5) is 4.39 Å². The van der Waals surface area contributed by atoms with Crippen molar-refractivity contribution in [3.63, 3.8) is 0 Å². The fourth-order valence-electron chi connectivity index (χ4n) is 2.03. The molecule has 0 aliphatic heterocycles. The Morgan fingerprint density at radius 1 is 1.28 bits per heavy atom. The summed E-state index contributed by atoms with van der Waals surface area (Å²) in [6.45, 7) is 2.12. The van der Waals surface area contributed by atoms with E-state index >= 15 is 0 Å². The smallest absolute Gasteiger partial charge is 0.135 e. The van der Waals surface area contributed by atoms with Crippen LogP contribution in [0.25, 0.3) is 0 Å². The number of aryl methyl sites for hydroxylation is 1. The van der Waals surface area contributed by atoms with Crippen molar-refractivity contribution in [1.29, 1.82) is 0 Å². The van der Waals surface area contributed by atoms with Gasteiger partial charge >= 0.3 is 0 Å². The topological polar surface area (TPSA) is 59.4 Å². The number of benzene rings is 1. The van der Waals surface area contributed by atoms with Crippen LogP contribution in [0.2, 0.25) is 0 Å². The summed E-state index contributed by atoms with van der Waals surface area (Å²) in [6.07, 6.45) is 0.710. The molecule has 0 aliphatic carbocycles. The molecule has 1 aromatic heterocycles. The number of rotatable bonds is 4. The number of aliphatic hydroxyl groups is 1. The van der Waals surface area contributed by atoms with Gasteiger partial charge in [0, 0.05) is 12.5 Å². The molecule has 0 amide bonds. The van der Waals surface area contributed by atoms with Gasteiger partial charge in [-0.25, -0.2) is 4.39 Å². The van der Waals surface area contributed by atoms with Gasteiger partial charge in [0.15, 0.2) is 0 Å². The van der Waals surface area contributed by atoms with Crippen LogP contribution in [0.15, 0.2) is 41.0 Å². The third-order valence-electron chi connectivity index (χ3n) is 3.10. The molecule has 2 rings (SSSR count). The van der Waals surface area contributed by atoms with Crippen LogP contribution in [0.3, 0.4) is 0 Å². The molecule has 2 unspecified atom stereocenters. The van der Waals surface area contributed by atoms with Gasteiger partial charge in [-0.1, -0.05) is 12.1 Å². The predicted molar refractivity (Wildman–Crippen MR) is 66.6 cm³/mol. The fraction of sp³-hybridized carbons (Fsp3) is 0.286. The molecule has 18 heavy (non-hydrogen) atoms. The Labute approximate surface area is 105 Å². The van der Waals surface area contributed by atoms with Gasteiger partial charge in [-0.3, -0.25) is 0 Å². The van der Waals surface area contributed by atoms with Gasteiger partial charge in [-0.15, -0.1) is 0 Å². The van der Waals surface area contributed by atoms with Gasteiger partial charge in [0.25, 0.3) is 0 Å². The number of hydrogen-bond donors (Lipinski definition) is 2. The van der Waals surface area contributed by atoms with E-state index in [0.717, 1.165) is 11.1 Å². The SMILES string of the molecule is Cc1ccoc1C(O)C(CN)c1ccc(F)cc1. The second-order valence-corrected chi connectivity index (χ2v) is 4.31. The lowest BCUT2D eigenvalue weighted by atomic mass is 9.91. The Hall–Kier alpha value is -1.65. The fourth-order valence-corrected chi connectivity index (χ4v) is 2.03. The van der Waals surface area contributed by atoms with E-state index in [0.29, 0.717) is 5.76 Å². The highest BCUT2D eigenvalue weighted by atomic mass is 19.1. The lowest BCUT2D eigenvalue weighted by Crippen LogP contribution is -2.20. The lowest BCUT2D eigenvalue weighted by molar-refractivity contribution is 0.121. The van der Waals surface area contributed by atoms with Crippen molar-refractivity contribution in [3.05, 3.63) is 59.3 Å². The summed E-state index contributed by atoms with van der Waals surface area (Å²) in [4.78, 5) is 0. The minimum Gasteiger partial charge on any atom is -0.466 e.